The molecule has 0 aromatic carbocycles. The van der Waals surface area contributed by atoms with Crippen molar-refractivity contribution in [3.8, 4) is 0 Å². The fourth-order valence-electron chi connectivity index (χ4n) is 2.01. The van der Waals surface area contributed by atoms with E-state index in [0.29, 0.717) is 6.54 Å². The van der Waals surface area contributed by atoms with Gasteiger partial charge in [0.2, 0.25) is 0 Å². The monoisotopic (exact) mass is 269 g/mol. The summed E-state index contributed by atoms with van der Waals surface area (Å²) >= 11 is 0. The number of aryl methyl sites for hydroxylation is 1. The van der Waals surface area contributed by atoms with Gasteiger partial charge < -0.3 is 9.47 Å². The molecule has 3 aromatic heterocycles. The van der Waals surface area contributed by atoms with Crippen LogP contribution in [0.15, 0.2) is 25.0 Å². The van der Waals surface area contributed by atoms with Gasteiger partial charge >= 0.3 is 0 Å². The molecule has 7 heteroatoms. The molecule has 3 rings (SSSR count). The molecule has 102 valence electrons. The van der Waals surface area contributed by atoms with Crippen LogP contribution in [0.25, 0.3) is 11.2 Å². The van der Waals surface area contributed by atoms with Crippen molar-refractivity contribution in [2.75, 3.05) is 19.0 Å². The quantitative estimate of drug-likeness (QED) is 0.707. The molecule has 3 heterocycles. The summed E-state index contributed by atoms with van der Waals surface area (Å²) in [6.07, 6.45) is 6.97. The van der Waals surface area contributed by atoms with Gasteiger partial charge in [0.25, 0.3) is 0 Å². The van der Waals surface area contributed by atoms with Crippen molar-refractivity contribution in [2.45, 2.75) is 13.5 Å². The summed E-state index contributed by atoms with van der Waals surface area (Å²) < 4.78 is 1.97. The van der Waals surface area contributed by atoms with Gasteiger partial charge in [-0.05, 0) is 6.92 Å². The maximum Gasteiger partial charge on any atom is 0.165 e. The van der Waals surface area contributed by atoms with Crippen LogP contribution in [0.2, 0.25) is 0 Å². The van der Waals surface area contributed by atoms with Crippen molar-refractivity contribution in [1.82, 2.24) is 29.5 Å². The number of hydrogen-bond acceptors (Lipinski definition) is 6. The Labute approximate surface area is 116 Å². The average molecular weight is 269 g/mol. The van der Waals surface area contributed by atoms with Crippen molar-refractivity contribution in [2.24, 2.45) is 0 Å². The Kier molecular flexibility index (Phi) is 3.02. The van der Waals surface area contributed by atoms with Crippen LogP contribution in [0, 0.1) is 6.92 Å². The van der Waals surface area contributed by atoms with E-state index in [1.54, 1.807) is 12.7 Å². The highest BCUT2D eigenvalue weighted by Crippen LogP contribution is 2.19. The summed E-state index contributed by atoms with van der Waals surface area (Å²) in [5, 5.41) is 0. The van der Waals surface area contributed by atoms with E-state index in [1.165, 1.54) is 0 Å². The zero-order valence-electron chi connectivity index (χ0n) is 11.6. The molecule has 0 saturated heterocycles. The van der Waals surface area contributed by atoms with Crippen LogP contribution in [0.5, 0.6) is 0 Å². The van der Waals surface area contributed by atoms with E-state index < -0.39 is 0 Å². The maximum absolute atomic E-state index is 4.41. The van der Waals surface area contributed by atoms with Crippen LogP contribution in [0.4, 0.5) is 5.82 Å². The van der Waals surface area contributed by atoms with E-state index in [2.05, 4.69) is 24.9 Å². The first kappa shape index (κ1) is 12.5. The number of imidazole rings is 1. The van der Waals surface area contributed by atoms with Gasteiger partial charge in [0, 0.05) is 32.1 Å². The molecule has 0 atom stereocenters. The minimum atomic E-state index is 0.640. The largest absolute Gasteiger partial charge is 0.361 e. The standard InChI is InChI=1S/C13H15N7/c1-9-14-4-10(5-15-9)6-20-8-18-11-12(19(2)3)16-7-17-13(11)20/h4-5,7-8H,6H2,1-3H3. The molecule has 7 nitrogen and oxygen atoms in total. The van der Waals surface area contributed by atoms with Gasteiger partial charge in [0.05, 0.1) is 12.9 Å². The van der Waals surface area contributed by atoms with Crippen molar-refractivity contribution >= 4 is 17.0 Å². The molecule has 0 unspecified atom stereocenters. The lowest BCUT2D eigenvalue weighted by Gasteiger charge is -2.10. The molecular formula is C13H15N7. The molecule has 0 aliphatic carbocycles. The second-order valence-electron chi connectivity index (χ2n) is 4.77. The topological polar surface area (TPSA) is 72.6 Å². The Morgan fingerprint density at radius 3 is 2.50 bits per heavy atom. The van der Waals surface area contributed by atoms with Crippen LogP contribution in [0.3, 0.4) is 0 Å². The highest BCUT2D eigenvalue weighted by molar-refractivity contribution is 5.83. The fourth-order valence-corrected chi connectivity index (χ4v) is 2.01. The zero-order chi connectivity index (χ0) is 14.1. The number of fused-ring (bicyclic) bond motifs is 1. The summed E-state index contributed by atoms with van der Waals surface area (Å²) in [7, 11) is 3.88. The van der Waals surface area contributed by atoms with Gasteiger partial charge in [0.1, 0.15) is 12.2 Å². The van der Waals surface area contributed by atoms with Crippen molar-refractivity contribution in [1.29, 1.82) is 0 Å². The first-order valence-electron chi connectivity index (χ1n) is 6.26. The van der Waals surface area contributed by atoms with E-state index in [9.17, 15) is 0 Å². The third-order valence-electron chi connectivity index (χ3n) is 2.99. The van der Waals surface area contributed by atoms with E-state index in [0.717, 1.165) is 28.4 Å². The lowest BCUT2D eigenvalue weighted by molar-refractivity contribution is 0.798. The molecule has 3 aromatic rings. The highest BCUT2D eigenvalue weighted by atomic mass is 15.2. The first-order chi connectivity index (χ1) is 9.65. The number of rotatable bonds is 3. The maximum atomic E-state index is 4.41. The predicted octanol–water partition coefficient (Wildman–Crippen LogP) is 1.04. The number of nitrogens with zero attached hydrogens (tertiary/aromatic N) is 7. The minimum Gasteiger partial charge on any atom is -0.361 e. The molecule has 0 radical (unpaired) electrons. The zero-order valence-corrected chi connectivity index (χ0v) is 11.6. The smallest absolute Gasteiger partial charge is 0.165 e. The second kappa shape index (κ2) is 4.84. The van der Waals surface area contributed by atoms with Gasteiger partial charge in [-0.15, -0.1) is 0 Å². The minimum absolute atomic E-state index is 0.640. The van der Waals surface area contributed by atoms with E-state index in [-0.39, 0.29) is 0 Å². The lowest BCUT2D eigenvalue weighted by atomic mass is 10.3. The SMILES string of the molecule is Cc1ncc(Cn2cnc3c(N(C)C)ncnc32)cn1. The van der Waals surface area contributed by atoms with Gasteiger partial charge in [-0.3, -0.25) is 0 Å². The summed E-state index contributed by atoms with van der Waals surface area (Å²) in [5.41, 5.74) is 2.62. The summed E-state index contributed by atoms with van der Waals surface area (Å²) in [5.74, 6) is 1.58. The molecule has 0 fully saturated rings. The molecular weight excluding hydrogens is 254 g/mol. The summed E-state index contributed by atoms with van der Waals surface area (Å²) in [6.45, 7) is 2.51. The van der Waals surface area contributed by atoms with Crippen LogP contribution in [-0.4, -0.2) is 43.6 Å². The molecule has 0 aliphatic heterocycles. The third-order valence-corrected chi connectivity index (χ3v) is 2.99. The van der Waals surface area contributed by atoms with Crippen LogP contribution in [-0.2, 0) is 6.54 Å². The fraction of sp³-hybridized carbons (Fsp3) is 0.308. The Balaban J connectivity index is 2.00. The van der Waals surface area contributed by atoms with Crippen molar-refractivity contribution < 1.29 is 0 Å². The van der Waals surface area contributed by atoms with Gasteiger partial charge in [-0.2, -0.15) is 0 Å². The molecule has 0 saturated carbocycles. The third kappa shape index (κ3) is 2.18. The van der Waals surface area contributed by atoms with Crippen molar-refractivity contribution in [3.05, 3.63) is 36.4 Å². The average Bonchev–Trinajstić information content (AvgIpc) is 2.84. The van der Waals surface area contributed by atoms with E-state index in [4.69, 9.17) is 0 Å². The normalized spacial score (nSPS) is 10.9. The Morgan fingerprint density at radius 1 is 1.05 bits per heavy atom. The molecule has 0 N–H and O–H groups in total. The van der Waals surface area contributed by atoms with Gasteiger partial charge in [0.15, 0.2) is 17.0 Å². The van der Waals surface area contributed by atoms with E-state index >= 15 is 0 Å². The molecule has 0 spiro atoms. The highest BCUT2D eigenvalue weighted by Gasteiger charge is 2.11. The van der Waals surface area contributed by atoms with Crippen LogP contribution in [0.1, 0.15) is 11.4 Å². The van der Waals surface area contributed by atoms with Crippen molar-refractivity contribution in [3.63, 3.8) is 0 Å². The first-order valence-corrected chi connectivity index (χ1v) is 6.26. The number of aromatic nitrogens is 6. The summed E-state index contributed by atoms with van der Waals surface area (Å²) in [4.78, 5) is 23.3. The Morgan fingerprint density at radius 2 is 1.80 bits per heavy atom. The Bertz CT molecular complexity index is 730. The van der Waals surface area contributed by atoms with Gasteiger partial charge in [-0.25, -0.2) is 24.9 Å². The summed E-state index contributed by atoms with van der Waals surface area (Å²) in [6, 6.07) is 0. The Hall–Kier alpha value is -2.57. The molecule has 20 heavy (non-hydrogen) atoms. The molecule has 0 aliphatic rings. The lowest BCUT2D eigenvalue weighted by Crippen LogP contribution is -2.11. The molecule has 0 bridgehead atoms. The predicted molar refractivity (Wildman–Crippen MR) is 75.5 cm³/mol. The van der Waals surface area contributed by atoms with Gasteiger partial charge in [-0.1, -0.05) is 0 Å². The van der Waals surface area contributed by atoms with Crippen LogP contribution >= 0.6 is 0 Å². The molecule has 0 amide bonds. The number of anilines is 1. The van der Waals surface area contributed by atoms with E-state index in [1.807, 2.05) is 42.9 Å². The number of hydrogen-bond donors (Lipinski definition) is 0. The second-order valence-corrected chi connectivity index (χ2v) is 4.77. The van der Waals surface area contributed by atoms with Crippen LogP contribution < -0.4 is 4.90 Å².